The summed E-state index contributed by atoms with van der Waals surface area (Å²) in [5.41, 5.74) is -0.597. The molecule has 3 rings (SSSR count). The maximum Gasteiger partial charge on any atom is 0.410 e. The number of fused-ring (bicyclic) bond motifs is 1. The Balaban J connectivity index is 2.03. The summed E-state index contributed by atoms with van der Waals surface area (Å²) in [7, 11) is 0. The van der Waals surface area contributed by atoms with Crippen LogP contribution >= 0.6 is 27.3 Å². The van der Waals surface area contributed by atoms with Crippen molar-refractivity contribution in [2.75, 3.05) is 5.32 Å². The van der Waals surface area contributed by atoms with Crippen LogP contribution in [0, 0.1) is 0 Å². The maximum absolute atomic E-state index is 13.6. The van der Waals surface area contributed by atoms with Gasteiger partial charge in [0.2, 0.25) is 0 Å². The first kappa shape index (κ1) is 19.2. The van der Waals surface area contributed by atoms with Crippen molar-refractivity contribution in [2.45, 2.75) is 51.0 Å². The number of hydrogen-bond acceptors (Lipinski definition) is 4. The monoisotopic (exact) mass is 450 g/mol. The molecule has 0 unspecified atom stereocenters. The normalized spacial score (nSPS) is 20.4. The lowest BCUT2D eigenvalue weighted by molar-refractivity contribution is -0.173. The van der Waals surface area contributed by atoms with Gasteiger partial charge in [-0.3, -0.25) is 4.79 Å². The molecule has 1 amide bonds. The third-order valence-electron chi connectivity index (χ3n) is 3.89. The van der Waals surface area contributed by atoms with Crippen molar-refractivity contribution in [2.24, 2.45) is 0 Å². The van der Waals surface area contributed by atoms with Crippen molar-refractivity contribution in [3.63, 3.8) is 0 Å². The molecule has 142 valence electrons. The average Bonchev–Trinajstić information content (AvgIpc) is 3.12. The molecule has 26 heavy (non-hydrogen) atoms. The molecular weight excluding hydrogens is 433 g/mol. The molecule has 3 heterocycles. The molecule has 1 aliphatic rings. The number of carbonyl (C=O) groups excluding carboxylic acids is 1. The topological polar surface area (TPSA) is 59.0 Å². The van der Waals surface area contributed by atoms with E-state index in [2.05, 4.69) is 31.7 Å². The van der Waals surface area contributed by atoms with E-state index >= 15 is 0 Å². The Morgan fingerprint density at radius 1 is 1.42 bits per heavy atom. The zero-order valence-corrected chi connectivity index (χ0v) is 16.7. The van der Waals surface area contributed by atoms with Gasteiger partial charge in [-0.15, -0.1) is 11.3 Å². The summed E-state index contributed by atoms with van der Waals surface area (Å²) in [6.45, 7) is 5.37. The number of anilines is 1. The van der Waals surface area contributed by atoms with Crippen molar-refractivity contribution in [1.29, 1.82) is 0 Å². The zero-order chi connectivity index (χ0) is 19.3. The molecular formula is C16H18BrF3N4OS. The van der Waals surface area contributed by atoms with Crippen molar-refractivity contribution >= 4 is 39.0 Å². The fraction of sp³-hybridized carbons (Fsp3) is 0.500. The third kappa shape index (κ3) is 3.75. The van der Waals surface area contributed by atoms with Crippen LogP contribution in [0.1, 0.15) is 54.6 Å². The Morgan fingerprint density at radius 2 is 2.12 bits per heavy atom. The predicted octanol–water partition coefficient (Wildman–Crippen LogP) is 4.90. The third-order valence-corrected chi connectivity index (χ3v) is 5.62. The van der Waals surface area contributed by atoms with Gasteiger partial charge in [0.25, 0.3) is 5.91 Å². The van der Waals surface area contributed by atoms with Gasteiger partial charge in [0.15, 0.2) is 11.7 Å². The van der Waals surface area contributed by atoms with E-state index in [1.807, 2.05) is 5.38 Å². The lowest BCUT2D eigenvalue weighted by atomic mass is 10.0. The summed E-state index contributed by atoms with van der Waals surface area (Å²) >= 11 is 4.65. The van der Waals surface area contributed by atoms with Gasteiger partial charge in [-0.25, -0.2) is 4.68 Å². The van der Waals surface area contributed by atoms with Gasteiger partial charge in [-0.1, -0.05) is 6.07 Å². The fourth-order valence-electron chi connectivity index (χ4n) is 2.81. The van der Waals surface area contributed by atoms with E-state index in [-0.39, 0.29) is 22.4 Å². The number of rotatable bonds is 2. The van der Waals surface area contributed by atoms with Crippen LogP contribution < -0.4 is 10.6 Å². The number of aromatic nitrogens is 2. The molecule has 2 N–H and O–H groups in total. The number of thiophene rings is 1. The molecule has 5 nitrogen and oxygen atoms in total. The van der Waals surface area contributed by atoms with E-state index in [1.54, 1.807) is 32.9 Å². The number of hydrogen-bond donors (Lipinski definition) is 2. The van der Waals surface area contributed by atoms with Crippen molar-refractivity contribution in [1.82, 2.24) is 15.1 Å². The van der Waals surface area contributed by atoms with Gasteiger partial charge in [-0.05, 0) is 48.1 Å². The average molecular weight is 451 g/mol. The fourth-order valence-corrected chi connectivity index (χ4v) is 4.16. The van der Waals surface area contributed by atoms with Gasteiger partial charge >= 0.3 is 6.18 Å². The summed E-state index contributed by atoms with van der Waals surface area (Å²) in [5, 5.41) is 11.6. The van der Waals surface area contributed by atoms with E-state index in [4.69, 9.17) is 0 Å². The molecule has 0 saturated carbocycles. The van der Waals surface area contributed by atoms with Gasteiger partial charge in [-0.2, -0.15) is 18.3 Å². The molecule has 0 saturated heterocycles. The molecule has 0 aromatic carbocycles. The van der Waals surface area contributed by atoms with Crippen molar-refractivity contribution < 1.29 is 18.0 Å². The summed E-state index contributed by atoms with van der Waals surface area (Å²) in [6, 6.07) is 1.29. The maximum atomic E-state index is 13.6. The van der Waals surface area contributed by atoms with Crippen molar-refractivity contribution in [3.8, 4) is 0 Å². The molecule has 10 heteroatoms. The highest BCUT2D eigenvalue weighted by Gasteiger charge is 2.48. The first-order valence-corrected chi connectivity index (χ1v) is 9.62. The van der Waals surface area contributed by atoms with Crippen LogP contribution in [0.5, 0.6) is 0 Å². The van der Waals surface area contributed by atoms with Crippen LogP contribution in [0.4, 0.5) is 19.0 Å². The highest BCUT2D eigenvalue weighted by Crippen LogP contribution is 2.46. The number of alkyl halides is 3. The smallest absolute Gasteiger partial charge is 0.362 e. The Morgan fingerprint density at radius 3 is 2.65 bits per heavy atom. The van der Waals surface area contributed by atoms with E-state index < -0.39 is 29.7 Å². The minimum atomic E-state index is -4.48. The minimum absolute atomic E-state index is 0.0662. The Kier molecular flexibility index (Phi) is 4.85. The lowest BCUT2D eigenvalue weighted by Crippen LogP contribution is -2.41. The van der Waals surface area contributed by atoms with Crippen LogP contribution in [0.2, 0.25) is 0 Å². The van der Waals surface area contributed by atoms with E-state index in [1.165, 1.54) is 11.3 Å². The highest BCUT2D eigenvalue weighted by molar-refractivity contribution is 9.10. The summed E-state index contributed by atoms with van der Waals surface area (Å²) in [6.07, 6.45) is -4.67. The van der Waals surface area contributed by atoms with E-state index in [0.717, 1.165) is 9.56 Å². The highest BCUT2D eigenvalue weighted by atomic mass is 79.9. The first-order chi connectivity index (χ1) is 12.0. The van der Waals surface area contributed by atoms with Gasteiger partial charge in [0.05, 0.1) is 10.5 Å². The number of nitrogens with one attached hydrogen (secondary N) is 2. The minimum Gasteiger partial charge on any atom is -0.362 e. The summed E-state index contributed by atoms with van der Waals surface area (Å²) < 4.78 is 42.0. The standard InChI is InChI=1S/C16H18BrF3N4OS/c1-15(2,3)22-14(25)12-11(17)13-21-8(9-5-4-6-26-9)7-10(16(18,19)20)24(13)23-12/h4-6,8,10,21H,7H2,1-3H3,(H,22,25)/t8-,10+/m0/s1. The number of amides is 1. The van der Waals surface area contributed by atoms with Crippen LogP contribution in [0.3, 0.4) is 0 Å². The first-order valence-electron chi connectivity index (χ1n) is 7.94. The number of nitrogens with zero attached hydrogens (tertiary/aromatic N) is 2. The molecule has 0 aliphatic carbocycles. The molecule has 0 radical (unpaired) electrons. The predicted molar refractivity (Wildman–Crippen MR) is 97.5 cm³/mol. The molecule has 0 spiro atoms. The molecule has 2 aromatic heterocycles. The second-order valence-electron chi connectivity index (χ2n) is 7.17. The van der Waals surface area contributed by atoms with Crippen LogP contribution in [0.25, 0.3) is 0 Å². The zero-order valence-electron chi connectivity index (χ0n) is 14.3. The van der Waals surface area contributed by atoms with Crippen LogP contribution in [-0.2, 0) is 0 Å². The number of halogens is 4. The van der Waals surface area contributed by atoms with Crippen LogP contribution in [-0.4, -0.2) is 27.4 Å². The molecule has 0 fully saturated rings. The summed E-state index contributed by atoms with van der Waals surface area (Å²) in [4.78, 5) is 13.2. The van der Waals surface area contributed by atoms with Gasteiger partial charge < -0.3 is 10.6 Å². The molecule has 2 aromatic rings. The number of carbonyl (C=O) groups is 1. The molecule has 2 atom stereocenters. The quantitative estimate of drug-likeness (QED) is 0.684. The molecule has 1 aliphatic heterocycles. The molecule has 0 bridgehead atoms. The Hall–Kier alpha value is -1.55. The SMILES string of the molecule is CC(C)(C)NC(=O)c1nn2c(c1Br)N[C@H](c1cccs1)C[C@@H]2C(F)(F)F. The second kappa shape index (κ2) is 6.56. The Bertz CT molecular complexity index is 811. The largest absolute Gasteiger partial charge is 0.410 e. The van der Waals surface area contributed by atoms with Gasteiger partial charge in [0.1, 0.15) is 5.82 Å². The van der Waals surface area contributed by atoms with Crippen LogP contribution in [0.15, 0.2) is 22.0 Å². The van der Waals surface area contributed by atoms with Gasteiger partial charge in [0, 0.05) is 16.8 Å². The van der Waals surface area contributed by atoms with Crippen molar-refractivity contribution in [3.05, 3.63) is 32.6 Å². The van der Waals surface area contributed by atoms with E-state index in [0.29, 0.717) is 0 Å². The summed E-state index contributed by atoms with van der Waals surface area (Å²) in [5.74, 6) is -0.363. The Labute approximate surface area is 161 Å². The second-order valence-corrected chi connectivity index (χ2v) is 8.94. The van der Waals surface area contributed by atoms with E-state index in [9.17, 15) is 18.0 Å². The lowest BCUT2D eigenvalue weighted by Gasteiger charge is -2.33.